The average Bonchev–Trinajstić information content (AvgIpc) is 2.66. The first-order chi connectivity index (χ1) is 12.2. The van der Waals surface area contributed by atoms with Gasteiger partial charge in [-0.25, -0.2) is 0 Å². The van der Waals surface area contributed by atoms with Crippen LogP contribution < -0.4 is 9.47 Å². The van der Waals surface area contributed by atoms with Crippen LogP contribution >= 0.6 is 0 Å². The van der Waals surface area contributed by atoms with Crippen LogP contribution in [0.3, 0.4) is 0 Å². The maximum absolute atomic E-state index is 11.6. The van der Waals surface area contributed by atoms with Crippen molar-refractivity contribution in [1.82, 2.24) is 4.90 Å². The summed E-state index contributed by atoms with van der Waals surface area (Å²) in [5.41, 5.74) is 2.33. The Labute approximate surface area is 148 Å². The molecular formula is C20H25NO4. The molecule has 0 spiro atoms. The molecule has 1 aromatic carbocycles. The zero-order valence-electron chi connectivity index (χ0n) is 15.1. The van der Waals surface area contributed by atoms with Crippen molar-refractivity contribution in [2.75, 3.05) is 27.9 Å². The predicted octanol–water partition coefficient (Wildman–Crippen LogP) is 2.67. The van der Waals surface area contributed by atoms with Crippen LogP contribution in [0.2, 0.25) is 0 Å². The summed E-state index contributed by atoms with van der Waals surface area (Å²) in [6.45, 7) is 0.762. The zero-order chi connectivity index (χ0) is 17.6. The first-order valence-corrected chi connectivity index (χ1v) is 8.89. The van der Waals surface area contributed by atoms with Crippen molar-refractivity contribution in [3.05, 3.63) is 35.1 Å². The average molecular weight is 343 g/mol. The second-order valence-electron chi connectivity index (χ2n) is 7.20. The van der Waals surface area contributed by atoms with Crippen LogP contribution in [0.25, 0.3) is 0 Å². The van der Waals surface area contributed by atoms with E-state index in [2.05, 4.69) is 12.1 Å². The Morgan fingerprint density at radius 1 is 1.20 bits per heavy atom. The molecule has 0 radical (unpaired) electrons. The lowest BCUT2D eigenvalue weighted by Gasteiger charge is -2.56. The maximum Gasteiger partial charge on any atom is 0.209 e. The minimum Gasteiger partial charge on any atom is -0.501 e. The third kappa shape index (κ3) is 2.17. The summed E-state index contributed by atoms with van der Waals surface area (Å²) in [7, 11) is 5.13. The van der Waals surface area contributed by atoms with Crippen molar-refractivity contribution in [1.29, 1.82) is 0 Å². The van der Waals surface area contributed by atoms with Crippen molar-refractivity contribution in [3.63, 3.8) is 0 Å². The number of hydrogen-bond donors (Lipinski definition) is 0. The molecule has 0 N–H and O–H groups in total. The molecule has 1 aromatic rings. The molecule has 5 nitrogen and oxygen atoms in total. The summed E-state index contributed by atoms with van der Waals surface area (Å²) < 4.78 is 17.0. The number of allylic oxidation sites excluding steroid dienone is 2. The van der Waals surface area contributed by atoms with Gasteiger partial charge in [0.2, 0.25) is 6.41 Å². The van der Waals surface area contributed by atoms with Gasteiger partial charge in [0.25, 0.3) is 0 Å². The second-order valence-corrected chi connectivity index (χ2v) is 7.20. The third-order valence-electron chi connectivity index (χ3n) is 6.38. The normalized spacial score (nSPS) is 29.9. The Balaban J connectivity index is 1.98. The van der Waals surface area contributed by atoms with E-state index in [1.807, 2.05) is 11.0 Å². The molecule has 3 atom stereocenters. The first kappa shape index (κ1) is 16.3. The van der Waals surface area contributed by atoms with Gasteiger partial charge in [-0.1, -0.05) is 6.07 Å². The highest BCUT2D eigenvalue weighted by atomic mass is 16.5. The van der Waals surface area contributed by atoms with Crippen LogP contribution in [-0.2, 0) is 21.4 Å². The Morgan fingerprint density at radius 2 is 2.04 bits per heavy atom. The zero-order valence-corrected chi connectivity index (χ0v) is 15.1. The summed E-state index contributed by atoms with van der Waals surface area (Å²) in [5.74, 6) is 3.02. The van der Waals surface area contributed by atoms with Crippen molar-refractivity contribution < 1.29 is 19.0 Å². The van der Waals surface area contributed by atoms with E-state index in [0.29, 0.717) is 5.92 Å². The predicted molar refractivity (Wildman–Crippen MR) is 93.9 cm³/mol. The van der Waals surface area contributed by atoms with Crippen molar-refractivity contribution in [3.8, 4) is 11.5 Å². The lowest BCUT2D eigenvalue weighted by atomic mass is 9.54. The third-order valence-corrected chi connectivity index (χ3v) is 6.38. The fourth-order valence-electron chi connectivity index (χ4n) is 5.33. The molecule has 25 heavy (non-hydrogen) atoms. The van der Waals surface area contributed by atoms with Gasteiger partial charge in [0.1, 0.15) is 0 Å². The molecule has 3 aliphatic rings. The molecule has 1 saturated heterocycles. The Hall–Kier alpha value is -2.17. The summed E-state index contributed by atoms with van der Waals surface area (Å²) in [5, 5.41) is 0. The van der Waals surface area contributed by atoms with Gasteiger partial charge < -0.3 is 19.1 Å². The van der Waals surface area contributed by atoms with Gasteiger partial charge in [0, 0.05) is 30.0 Å². The van der Waals surface area contributed by atoms with Crippen LogP contribution in [0.1, 0.15) is 30.4 Å². The van der Waals surface area contributed by atoms with E-state index in [-0.39, 0.29) is 11.5 Å². The monoisotopic (exact) mass is 343 g/mol. The summed E-state index contributed by atoms with van der Waals surface area (Å²) in [6, 6.07) is 4.34. The molecule has 134 valence electrons. The Morgan fingerprint density at radius 3 is 2.72 bits per heavy atom. The molecule has 2 bridgehead atoms. The van der Waals surface area contributed by atoms with Crippen LogP contribution in [0.5, 0.6) is 11.5 Å². The van der Waals surface area contributed by atoms with Crippen molar-refractivity contribution in [2.45, 2.75) is 37.1 Å². The van der Waals surface area contributed by atoms with Crippen molar-refractivity contribution >= 4 is 6.41 Å². The number of rotatable bonds is 4. The van der Waals surface area contributed by atoms with E-state index in [4.69, 9.17) is 14.2 Å². The standard InChI is InChI=1S/C20H25NO4/c1-23-14-5-6-15-16-10-13-4-7-17(24-2)19(25-3)18(13)20(15,11-14)8-9-21(16)12-22/h4,7,11-12,15-16H,5-6,8-10H2,1-3H3/t15-,16+,20-/m0/s1. The molecule has 1 amide bonds. The molecule has 1 heterocycles. The van der Waals surface area contributed by atoms with Crippen LogP contribution in [0.15, 0.2) is 24.0 Å². The number of methoxy groups -OCH3 is 3. The minimum atomic E-state index is -0.152. The van der Waals surface area contributed by atoms with E-state index in [1.54, 1.807) is 21.3 Å². The van der Waals surface area contributed by atoms with E-state index in [1.165, 1.54) is 11.1 Å². The number of fused-ring (bicyclic) bond motifs is 1. The number of carbonyl (C=O) groups excluding carboxylic acids is 1. The van der Waals surface area contributed by atoms with Crippen LogP contribution in [-0.4, -0.2) is 45.2 Å². The molecule has 4 rings (SSSR count). The van der Waals surface area contributed by atoms with E-state index in [0.717, 1.165) is 55.9 Å². The Kier molecular flexibility index (Phi) is 3.89. The van der Waals surface area contributed by atoms with Gasteiger partial charge in [-0.2, -0.15) is 0 Å². The second kappa shape index (κ2) is 5.97. The van der Waals surface area contributed by atoms with Gasteiger partial charge in [-0.3, -0.25) is 4.79 Å². The molecule has 0 saturated carbocycles. The molecule has 2 aliphatic carbocycles. The largest absolute Gasteiger partial charge is 0.501 e. The molecule has 5 heteroatoms. The minimum absolute atomic E-state index is 0.152. The SMILES string of the molecule is COC1=C[C@]23CCN(C=O)[C@H](Cc4ccc(OC)c(OC)c42)[C@@H]3CC1. The number of likely N-dealkylation sites (tertiary alicyclic amines) is 1. The number of piperidine rings is 1. The Bertz CT molecular complexity index is 729. The van der Waals surface area contributed by atoms with Gasteiger partial charge in [-0.05, 0) is 42.9 Å². The van der Waals surface area contributed by atoms with Gasteiger partial charge in [-0.15, -0.1) is 0 Å². The van der Waals surface area contributed by atoms with E-state index < -0.39 is 0 Å². The fourth-order valence-corrected chi connectivity index (χ4v) is 5.33. The summed E-state index contributed by atoms with van der Waals surface area (Å²) in [6.07, 6.45) is 7.03. The van der Waals surface area contributed by atoms with Crippen LogP contribution in [0, 0.1) is 5.92 Å². The topological polar surface area (TPSA) is 48.0 Å². The molecule has 1 fully saturated rings. The van der Waals surface area contributed by atoms with E-state index >= 15 is 0 Å². The number of nitrogens with zero attached hydrogens (tertiary/aromatic N) is 1. The van der Waals surface area contributed by atoms with E-state index in [9.17, 15) is 4.79 Å². The lowest BCUT2D eigenvalue weighted by molar-refractivity contribution is -0.125. The van der Waals surface area contributed by atoms with Crippen LogP contribution in [0.4, 0.5) is 0 Å². The highest BCUT2D eigenvalue weighted by Crippen LogP contribution is 2.58. The van der Waals surface area contributed by atoms with Gasteiger partial charge in [0.05, 0.1) is 27.1 Å². The maximum atomic E-state index is 11.6. The molecule has 1 aliphatic heterocycles. The summed E-state index contributed by atoms with van der Waals surface area (Å²) in [4.78, 5) is 13.6. The number of carbonyl (C=O) groups is 1. The number of hydrogen-bond acceptors (Lipinski definition) is 4. The van der Waals surface area contributed by atoms with Gasteiger partial charge >= 0.3 is 0 Å². The fraction of sp³-hybridized carbons (Fsp3) is 0.550. The highest BCUT2D eigenvalue weighted by molar-refractivity contribution is 5.61. The first-order valence-electron chi connectivity index (χ1n) is 8.89. The highest BCUT2D eigenvalue weighted by Gasteiger charge is 2.55. The summed E-state index contributed by atoms with van der Waals surface area (Å²) >= 11 is 0. The smallest absolute Gasteiger partial charge is 0.209 e. The van der Waals surface area contributed by atoms with Crippen molar-refractivity contribution in [2.24, 2.45) is 5.92 Å². The molecular weight excluding hydrogens is 318 g/mol. The molecule has 0 aromatic heterocycles. The molecule has 0 unspecified atom stereocenters. The number of amides is 1. The number of ether oxygens (including phenoxy) is 3. The quantitative estimate of drug-likeness (QED) is 0.789. The lowest BCUT2D eigenvalue weighted by Crippen LogP contribution is -2.59. The number of benzene rings is 1. The van der Waals surface area contributed by atoms with Gasteiger partial charge in [0.15, 0.2) is 11.5 Å².